The average Bonchev–Trinajstić information content (AvgIpc) is 3.16. The Morgan fingerprint density at radius 3 is 2.70 bits per heavy atom. The maximum Gasteiger partial charge on any atom is 0.222 e. The molecule has 0 radical (unpaired) electrons. The van der Waals surface area contributed by atoms with Gasteiger partial charge in [0.25, 0.3) is 0 Å². The summed E-state index contributed by atoms with van der Waals surface area (Å²) in [5, 5.41) is 2.31. The first-order valence-electron chi connectivity index (χ1n) is 10.0. The third-order valence-electron chi connectivity index (χ3n) is 5.57. The minimum absolute atomic E-state index is 0.441. The van der Waals surface area contributed by atoms with Crippen molar-refractivity contribution in [2.45, 2.75) is 30.4 Å². The normalized spacial score (nSPS) is 25.0. The lowest BCUT2D eigenvalue weighted by atomic mass is 10.0. The quantitative estimate of drug-likeness (QED) is 0.629. The second-order valence-corrected chi connectivity index (χ2v) is 11.7. The van der Waals surface area contributed by atoms with Crippen LogP contribution in [-0.4, -0.2) is 54.0 Å². The van der Waals surface area contributed by atoms with Gasteiger partial charge in [0.15, 0.2) is 5.13 Å². The van der Waals surface area contributed by atoms with E-state index >= 15 is 0 Å². The van der Waals surface area contributed by atoms with E-state index < -0.39 is 20.1 Å². The summed E-state index contributed by atoms with van der Waals surface area (Å²) in [5.74, 6) is 0. The van der Waals surface area contributed by atoms with E-state index in [4.69, 9.17) is 16.6 Å². The van der Waals surface area contributed by atoms with Gasteiger partial charge in [-0.25, -0.2) is 13.4 Å². The molecule has 0 saturated carbocycles. The van der Waals surface area contributed by atoms with Gasteiger partial charge in [0.05, 0.1) is 10.6 Å². The Balaban J connectivity index is 1.40. The molecular weight excluding hydrogens is 438 g/mol. The molecule has 1 fully saturated rings. The lowest BCUT2D eigenvalue weighted by molar-refractivity contribution is 0.379. The highest BCUT2D eigenvalue weighted by Crippen LogP contribution is 2.33. The number of sulfonamides is 1. The van der Waals surface area contributed by atoms with Gasteiger partial charge in [-0.2, -0.15) is 4.31 Å². The monoisotopic (exact) mass is 463 g/mol. The summed E-state index contributed by atoms with van der Waals surface area (Å²) >= 11 is 8.10. The minimum atomic E-state index is -3.52. The molecule has 0 N–H and O–H groups in total. The van der Waals surface area contributed by atoms with Crippen LogP contribution in [0.25, 0.3) is 0 Å². The van der Waals surface area contributed by atoms with Crippen LogP contribution in [0, 0.1) is 6.92 Å². The van der Waals surface area contributed by atoms with Crippen LogP contribution >= 0.6 is 22.9 Å². The molecule has 0 spiro atoms. The third-order valence-corrected chi connectivity index (χ3v) is 9.39. The van der Waals surface area contributed by atoms with Gasteiger partial charge in [-0.05, 0) is 19.4 Å². The number of allylic oxidation sites excluding steroid dienone is 3. The highest BCUT2D eigenvalue weighted by atomic mass is 35.5. The number of hydrogen-bond donors (Lipinski definition) is 0. The number of thiazole rings is 1. The van der Waals surface area contributed by atoms with Gasteiger partial charge < -0.3 is 4.90 Å². The fourth-order valence-corrected chi connectivity index (χ4v) is 7.24. The van der Waals surface area contributed by atoms with Crippen LogP contribution in [0.5, 0.6) is 0 Å². The smallest absolute Gasteiger partial charge is 0.222 e. The molecule has 8 heteroatoms. The Morgan fingerprint density at radius 2 is 2.00 bits per heavy atom. The van der Waals surface area contributed by atoms with Crippen molar-refractivity contribution in [3.8, 4) is 0 Å². The van der Waals surface area contributed by atoms with Crippen molar-refractivity contribution in [1.29, 1.82) is 0 Å². The zero-order valence-corrected chi connectivity index (χ0v) is 19.6. The van der Waals surface area contributed by atoms with Gasteiger partial charge in [0, 0.05) is 38.0 Å². The molecule has 1 aliphatic carbocycles. The first kappa shape index (κ1) is 21.6. The molecule has 0 amide bonds. The van der Waals surface area contributed by atoms with E-state index in [0.29, 0.717) is 26.2 Å². The van der Waals surface area contributed by atoms with E-state index in [-0.39, 0.29) is 0 Å². The van der Waals surface area contributed by atoms with Gasteiger partial charge in [-0.1, -0.05) is 54.1 Å². The van der Waals surface area contributed by atoms with Crippen LogP contribution in [0.15, 0.2) is 53.9 Å². The molecule has 2 unspecified atom stereocenters. The second kappa shape index (κ2) is 8.46. The van der Waals surface area contributed by atoms with Crippen molar-refractivity contribution in [1.82, 2.24) is 9.29 Å². The van der Waals surface area contributed by atoms with Gasteiger partial charge >= 0.3 is 0 Å². The molecule has 2 aliphatic rings. The van der Waals surface area contributed by atoms with Crippen molar-refractivity contribution in [2.75, 3.05) is 31.1 Å². The summed E-state index contributed by atoms with van der Waals surface area (Å²) in [4.78, 5) is 6.04. The molecule has 0 bridgehead atoms. The lowest BCUT2D eigenvalue weighted by Gasteiger charge is -2.38. The molecule has 4 rings (SSSR count). The highest BCUT2D eigenvalue weighted by Gasteiger charge is 2.43. The van der Waals surface area contributed by atoms with Crippen molar-refractivity contribution in [3.63, 3.8) is 0 Å². The number of alkyl halides is 1. The molecule has 30 heavy (non-hydrogen) atoms. The summed E-state index contributed by atoms with van der Waals surface area (Å²) < 4.78 is 27.9. The number of rotatable bonds is 5. The van der Waals surface area contributed by atoms with E-state index in [1.54, 1.807) is 46.9 Å². The number of anilines is 1. The van der Waals surface area contributed by atoms with Gasteiger partial charge in [-0.3, -0.25) is 0 Å². The summed E-state index contributed by atoms with van der Waals surface area (Å²) in [7, 11) is -3.52. The number of nitrogens with zero attached hydrogens (tertiary/aromatic N) is 3. The Bertz CT molecular complexity index is 1070. The minimum Gasteiger partial charge on any atom is -0.345 e. The van der Waals surface area contributed by atoms with E-state index in [2.05, 4.69) is 41.5 Å². The van der Waals surface area contributed by atoms with Crippen LogP contribution in [0.4, 0.5) is 5.13 Å². The molecule has 2 atom stereocenters. The predicted molar refractivity (Wildman–Crippen MR) is 125 cm³/mol. The van der Waals surface area contributed by atoms with Gasteiger partial charge in [-0.15, -0.1) is 22.9 Å². The highest BCUT2D eigenvalue weighted by molar-refractivity contribution is 7.90. The van der Waals surface area contributed by atoms with Crippen molar-refractivity contribution in [2.24, 2.45) is 0 Å². The van der Waals surface area contributed by atoms with Gasteiger partial charge in [0.1, 0.15) is 5.25 Å². The Labute approximate surface area is 187 Å². The predicted octanol–water partition coefficient (Wildman–Crippen LogP) is 3.99. The van der Waals surface area contributed by atoms with Crippen molar-refractivity contribution >= 4 is 38.1 Å². The van der Waals surface area contributed by atoms with E-state index in [0.717, 1.165) is 17.2 Å². The van der Waals surface area contributed by atoms with Crippen molar-refractivity contribution < 1.29 is 8.42 Å². The second-order valence-electron chi connectivity index (χ2n) is 8.03. The number of piperazine rings is 1. The molecule has 2 aromatic rings. The number of aromatic nitrogens is 1. The summed E-state index contributed by atoms with van der Waals surface area (Å²) in [6.07, 6.45) is 7.80. The molecule has 1 aromatic carbocycles. The maximum atomic E-state index is 13.2. The van der Waals surface area contributed by atoms with Crippen LogP contribution in [-0.2, 0) is 16.4 Å². The first-order chi connectivity index (χ1) is 14.3. The Morgan fingerprint density at radius 1 is 1.23 bits per heavy atom. The third kappa shape index (κ3) is 4.49. The molecule has 160 valence electrons. The number of aryl methyl sites for hydroxylation is 1. The zero-order chi connectivity index (χ0) is 21.4. The molecule has 1 aromatic heterocycles. The lowest BCUT2D eigenvalue weighted by Crippen LogP contribution is -2.54. The molecular formula is C22H26ClN3O2S2. The van der Waals surface area contributed by atoms with Crippen molar-refractivity contribution in [3.05, 3.63) is 70.8 Å². The van der Waals surface area contributed by atoms with Crippen LogP contribution in [0.2, 0.25) is 0 Å². The van der Waals surface area contributed by atoms with Gasteiger partial charge in [0.2, 0.25) is 10.0 Å². The summed E-state index contributed by atoms with van der Waals surface area (Å²) in [5.41, 5.74) is 3.55. The van der Waals surface area contributed by atoms with Crippen LogP contribution < -0.4 is 4.90 Å². The maximum absolute atomic E-state index is 13.2. The van der Waals surface area contributed by atoms with E-state index in [1.807, 2.05) is 0 Å². The number of hydrogen-bond acceptors (Lipinski definition) is 5. The molecule has 1 saturated heterocycles. The topological polar surface area (TPSA) is 53.5 Å². The van der Waals surface area contributed by atoms with Crippen LogP contribution in [0.1, 0.15) is 23.7 Å². The zero-order valence-electron chi connectivity index (χ0n) is 17.2. The molecule has 2 heterocycles. The SMILES string of the molecule is Cc1cccc(Cc2csc(N3CCN(S(=O)(=O)C4C=CC=CC4(C)Cl)CC3)n2)c1. The fourth-order valence-electron chi connectivity index (χ4n) is 3.93. The average molecular weight is 464 g/mol. The Kier molecular flexibility index (Phi) is 6.08. The van der Waals surface area contributed by atoms with Crippen LogP contribution in [0.3, 0.4) is 0 Å². The Hall–Kier alpha value is -1.67. The largest absolute Gasteiger partial charge is 0.345 e. The standard InChI is InChI=1S/C22H26ClN3O2S2/c1-17-6-5-7-18(14-17)15-19-16-29-21(24-19)25-10-12-26(13-11-25)30(27,28)20-8-3-4-9-22(20,2)23/h3-9,14,16,20H,10-13,15H2,1-2H3. The summed E-state index contributed by atoms with van der Waals surface area (Å²) in [6.45, 7) is 5.98. The number of halogens is 1. The van der Waals surface area contributed by atoms with E-state index in [9.17, 15) is 8.42 Å². The molecule has 1 aliphatic heterocycles. The van der Waals surface area contributed by atoms with E-state index in [1.165, 1.54) is 11.1 Å². The molecule has 5 nitrogen and oxygen atoms in total. The number of benzene rings is 1. The first-order valence-corrected chi connectivity index (χ1v) is 12.8. The summed E-state index contributed by atoms with van der Waals surface area (Å²) in [6, 6.07) is 8.47. The fraction of sp³-hybridized carbons (Fsp3) is 0.409.